The van der Waals surface area contributed by atoms with Crippen LogP contribution in [0.4, 0.5) is 0 Å². The van der Waals surface area contributed by atoms with E-state index in [1.807, 2.05) is 25.1 Å². The molecule has 0 amide bonds. The third-order valence-electron chi connectivity index (χ3n) is 4.28. The molecular weight excluding hydrogens is 412 g/mol. The summed E-state index contributed by atoms with van der Waals surface area (Å²) in [6, 6.07) is 16.3. The normalized spacial score (nSPS) is 11.5. The van der Waals surface area contributed by atoms with Crippen molar-refractivity contribution in [3.63, 3.8) is 0 Å². The number of ether oxygens (including phenoxy) is 5. The van der Waals surface area contributed by atoms with Crippen LogP contribution < -0.4 is 4.74 Å². The molecule has 0 bridgehead atoms. The molecule has 2 aromatic rings. The summed E-state index contributed by atoms with van der Waals surface area (Å²) in [6.45, 7) is 7.35. The highest BCUT2D eigenvalue weighted by Gasteiger charge is 2.08. The molecule has 0 aliphatic carbocycles. The third-order valence-corrected chi connectivity index (χ3v) is 4.28. The molecule has 0 saturated carbocycles. The summed E-state index contributed by atoms with van der Waals surface area (Å²) in [6.07, 6.45) is 1.45. The van der Waals surface area contributed by atoms with Crippen molar-refractivity contribution in [1.29, 1.82) is 0 Å². The van der Waals surface area contributed by atoms with Crippen LogP contribution in [0, 0.1) is 0 Å². The van der Waals surface area contributed by atoms with Crippen LogP contribution >= 0.6 is 0 Å². The van der Waals surface area contributed by atoms with Crippen molar-refractivity contribution in [2.45, 2.75) is 19.6 Å². The van der Waals surface area contributed by atoms with Crippen LogP contribution in [0.3, 0.4) is 0 Å². The molecule has 0 saturated heterocycles. The van der Waals surface area contributed by atoms with E-state index in [2.05, 4.69) is 6.58 Å². The van der Waals surface area contributed by atoms with Gasteiger partial charge in [-0.1, -0.05) is 36.9 Å². The highest BCUT2D eigenvalue weighted by molar-refractivity contribution is 6.08. The predicted molar refractivity (Wildman–Crippen MR) is 120 cm³/mol. The zero-order valence-electron chi connectivity index (χ0n) is 18.4. The number of esters is 1. The quantitative estimate of drug-likeness (QED) is 0.129. The van der Waals surface area contributed by atoms with Gasteiger partial charge in [0.25, 0.3) is 0 Å². The van der Waals surface area contributed by atoms with Crippen LogP contribution in [0.1, 0.15) is 29.3 Å². The average molecular weight is 443 g/mol. The van der Waals surface area contributed by atoms with E-state index >= 15 is 0 Å². The summed E-state index contributed by atoms with van der Waals surface area (Å²) < 4.78 is 26.8. The number of rotatable bonds is 16. The van der Waals surface area contributed by atoms with Crippen LogP contribution in [0.15, 0.2) is 67.3 Å². The molecule has 0 aromatic heterocycles. The highest BCUT2D eigenvalue weighted by Crippen LogP contribution is 2.15. The average Bonchev–Trinajstić information content (AvgIpc) is 2.83. The molecule has 1 atom stereocenters. The Labute approximate surface area is 188 Å². The first-order valence-electron chi connectivity index (χ1n) is 10.5. The smallest absolute Gasteiger partial charge is 0.330 e. The van der Waals surface area contributed by atoms with Crippen LogP contribution in [-0.2, 0) is 23.7 Å². The monoisotopic (exact) mass is 442 g/mol. The first-order valence-corrected chi connectivity index (χ1v) is 10.5. The molecule has 2 rings (SSSR count). The lowest BCUT2D eigenvalue weighted by Crippen LogP contribution is -2.18. The van der Waals surface area contributed by atoms with Crippen LogP contribution in [0.2, 0.25) is 0 Å². The summed E-state index contributed by atoms with van der Waals surface area (Å²) in [5.41, 5.74) is 1.29. The second-order valence-corrected chi connectivity index (χ2v) is 6.71. The van der Waals surface area contributed by atoms with Gasteiger partial charge >= 0.3 is 5.97 Å². The highest BCUT2D eigenvalue weighted by atomic mass is 16.7. The van der Waals surface area contributed by atoms with Crippen LogP contribution in [-0.4, -0.2) is 57.7 Å². The fourth-order valence-corrected chi connectivity index (χ4v) is 2.64. The lowest BCUT2D eigenvalue weighted by molar-refractivity contribution is -0.144. The Kier molecular flexibility index (Phi) is 11.8. The fraction of sp³-hybridized carbons (Fsp3) is 0.360. The maximum Gasteiger partial charge on any atom is 0.330 e. The SMILES string of the molecule is C=CC(=O)OCCOCCOC(C)OCCCOc1ccc(C(=O)c2ccccc2)cc1. The first-order chi connectivity index (χ1) is 15.6. The van der Waals surface area contributed by atoms with E-state index < -0.39 is 5.97 Å². The predicted octanol–water partition coefficient (Wildman–Crippen LogP) is 3.81. The Morgan fingerprint density at radius 3 is 2.22 bits per heavy atom. The van der Waals surface area contributed by atoms with E-state index in [0.717, 1.165) is 6.08 Å². The minimum absolute atomic E-state index is 0.0129. The molecule has 0 radical (unpaired) electrons. The molecule has 0 fully saturated rings. The lowest BCUT2D eigenvalue weighted by atomic mass is 10.0. The van der Waals surface area contributed by atoms with Gasteiger partial charge in [-0.15, -0.1) is 0 Å². The number of hydrogen-bond donors (Lipinski definition) is 0. The van der Waals surface area contributed by atoms with E-state index in [0.29, 0.717) is 56.3 Å². The topological polar surface area (TPSA) is 80.3 Å². The number of carbonyl (C=O) groups excluding carboxylic acids is 2. The summed E-state index contributed by atoms with van der Waals surface area (Å²) >= 11 is 0. The molecule has 0 aliphatic rings. The molecule has 7 nitrogen and oxygen atoms in total. The molecule has 0 N–H and O–H groups in total. The van der Waals surface area contributed by atoms with E-state index in [4.69, 9.17) is 23.7 Å². The largest absolute Gasteiger partial charge is 0.494 e. The van der Waals surface area contributed by atoms with Gasteiger partial charge in [-0.2, -0.15) is 0 Å². The molecular formula is C25H30O7. The standard InChI is InChI=1S/C25H30O7/c1-3-24(26)32-19-17-28-16-18-30-20(2)29-14-7-15-31-23-12-10-22(11-13-23)25(27)21-8-5-4-6-9-21/h3-6,8-13,20H,1,7,14-19H2,2H3. The molecule has 1 unspecified atom stereocenters. The second kappa shape index (κ2) is 14.9. The van der Waals surface area contributed by atoms with E-state index in [-0.39, 0.29) is 18.7 Å². The summed E-state index contributed by atoms with van der Waals surface area (Å²) in [4.78, 5) is 23.2. The molecule has 172 valence electrons. The molecule has 7 heteroatoms. The van der Waals surface area contributed by atoms with Gasteiger partial charge in [-0.3, -0.25) is 4.79 Å². The Hall–Kier alpha value is -3.00. The number of hydrogen-bond acceptors (Lipinski definition) is 7. The number of benzene rings is 2. The van der Waals surface area contributed by atoms with Crippen molar-refractivity contribution in [2.24, 2.45) is 0 Å². The van der Waals surface area contributed by atoms with Gasteiger partial charge in [0, 0.05) is 23.6 Å². The second-order valence-electron chi connectivity index (χ2n) is 6.71. The maximum absolute atomic E-state index is 12.4. The zero-order valence-corrected chi connectivity index (χ0v) is 18.4. The molecule has 0 spiro atoms. The van der Waals surface area contributed by atoms with Crippen molar-refractivity contribution in [2.75, 3.05) is 39.6 Å². The minimum atomic E-state index is -0.467. The third kappa shape index (κ3) is 9.87. The van der Waals surface area contributed by atoms with Crippen molar-refractivity contribution in [3.8, 4) is 5.75 Å². The Balaban J connectivity index is 1.51. The van der Waals surface area contributed by atoms with Crippen LogP contribution in [0.5, 0.6) is 5.75 Å². The van der Waals surface area contributed by atoms with E-state index in [1.165, 1.54) is 0 Å². The lowest BCUT2D eigenvalue weighted by Gasteiger charge is -2.14. The van der Waals surface area contributed by atoms with Crippen LogP contribution in [0.25, 0.3) is 0 Å². The van der Waals surface area contributed by atoms with Crippen molar-refractivity contribution in [1.82, 2.24) is 0 Å². The van der Waals surface area contributed by atoms with Crippen molar-refractivity contribution >= 4 is 11.8 Å². The summed E-state index contributed by atoms with van der Waals surface area (Å²) in [5, 5.41) is 0. The maximum atomic E-state index is 12.4. The molecule has 0 aliphatic heterocycles. The summed E-state index contributed by atoms with van der Waals surface area (Å²) in [7, 11) is 0. The Bertz CT molecular complexity index is 818. The van der Waals surface area contributed by atoms with Crippen molar-refractivity contribution in [3.05, 3.63) is 78.4 Å². The van der Waals surface area contributed by atoms with E-state index in [9.17, 15) is 9.59 Å². The summed E-state index contributed by atoms with van der Waals surface area (Å²) in [5.74, 6) is 0.224. The molecule has 32 heavy (non-hydrogen) atoms. The van der Waals surface area contributed by atoms with Gasteiger partial charge < -0.3 is 23.7 Å². The fourth-order valence-electron chi connectivity index (χ4n) is 2.64. The van der Waals surface area contributed by atoms with Crippen molar-refractivity contribution < 1.29 is 33.3 Å². The van der Waals surface area contributed by atoms with Gasteiger partial charge in [-0.05, 0) is 31.2 Å². The minimum Gasteiger partial charge on any atom is -0.494 e. The number of carbonyl (C=O) groups is 2. The van der Waals surface area contributed by atoms with Gasteiger partial charge in [-0.25, -0.2) is 4.79 Å². The molecule has 0 heterocycles. The zero-order chi connectivity index (χ0) is 23.0. The molecule has 2 aromatic carbocycles. The van der Waals surface area contributed by atoms with Gasteiger partial charge in [0.15, 0.2) is 12.1 Å². The Morgan fingerprint density at radius 2 is 1.50 bits per heavy atom. The van der Waals surface area contributed by atoms with Gasteiger partial charge in [0.05, 0.1) is 33.0 Å². The number of ketones is 1. The Morgan fingerprint density at radius 1 is 0.844 bits per heavy atom. The van der Waals surface area contributed by atoms with E-state index in [1.54, 1.807) is 36.4 Å². The first kappa shape index (κ1) is 25.3. The van der Waals surface area contributed by atoms with Gasteiger partial charge in [0.2, 0.25) is 0 Å². The van der Waals surface area contributed by atoms with Gasteiger partial charge in [0.1, 0.15) is 12.4 Å².